The number of alkyl halides is 1. The van der Waals surface area contributed by atoms with Crippen molar-refractivity contribution in [1.82, 2.24) is 9.97 Å². The molecule has 0 spiro atoms. The number of nitrogens with zero attached hydrogens (tertiary/aromatic N) is 2. The molecule has 0 fully saturated rings. The number of aliphatic hydroxyl groups excluding tert-OH is 1. The summed E-state index contributed by atoms with van der Waals surface area (Å²) in [4.78, 5) is 31.0. The summed E-state index contributed by atoms with van der Waals surface area (Å²) in [5, 5.41) is 10.0. The molecule has 9 nitrogen and oxygen atoms in total. The van der Waals surface area contributed by atoms with E-state index in [-0.39, 0.29) is 5.38 Å². The summed E-state index contributed by atoms with van der Waals surface area (Å²) in [5.74, 6) is -0.0934. The fourth-order valence-corrected chi connectivity index (χ4v) is 4.40. The number of esters is 2. The smallest absolute Gasteiger partial charge is 0.339 e. The maximum Gasteiger partial charge on any atom is 0.339 e. The standard InChI is InChI=1S/C16H17ClN2O2.C16H18N2O3/c1-21-16(20)13-9-12(15(18)19-10-13)7-8-14(17)11-5-3-2-4-6-11;1-21-16(20)13-9-12(15(17)18-10-13)7-8-14(19)11-5-3-2-4-6-11/h2-6,9-10,14H,7-8H2,1H3,(H2,18,19);2-6,9-10,14,19H,7-8H2,1H3,(H2,17,18). The Labute approximate surface area is 250 Å². The number of carbonyl (C=O) groups excluding carboxylic acids is 2. The van der Waals surface area contributed by atoms with Crippen LogP contribution in [0.25, 0.3) is 0 Å². The van der Waals surface area contributed by atoms with Gasteiger partial charge < -0.3 is 26.0 Å². The normalized spacial score (nSPS) is 11.9. The van der Waals surface area contributed by atoms with Crippen molar-refractivity contribution in [2.75, 3.05) is 25.7 Å². The Morgan fingerprint density at radius 2 is 1.19 bits per heavy atom. The Hall–Kier alpha value is -4.47. The Bertz CT molecular complexity index is 1340. The Morgan fingerprint density at radius 1 is 0.762 bits per heavy atom. The monoisotopic (exact) mass is 590 g/mol. The van der Waals surface area contributed by atoms with Gasteiger partial charge in [0, 0.05) is 12.4 Å². The molecule has 2 heterocycles. The molecule has 4 aromatic rings. The average molecular weight is 591 g/mol. The van der Waals surface area contributed by atoms with Gasteiger partial charge in [-0.1, -0.05) is 60.7 Å². The number of nitrogens with two attached hydrogens (primary N) is 2. The molecular weight excluding hydrogens is 556 g/mol. The summed E-state index contributed by atoms with van der Waals surface area (Å²) < 4.78 is 9.34. The van der Waals surface area contributed by atoms with E-state index in [2.05, 4.69) is 19.4 Å². The number of aromatic nitrogens is 2. The summed E-state index contributed by atoms with van der Waals surface area (Å²) in [5.41, 5.74) is 15.9. The first-order valence-electron chi connectivity index (χ1n) is 13.3. The highest BCUT2D eigenvalue weighted by Gasteiger charge is 2.14. The molecule has 4 rings (SSSR count). The minimum Gasteiger partial charge on any atom is -0.465 e. The van der Waals surface area contributed by atoms with Crippen molar-refractivity contribution in [2.45, 2.75) is 37.2 Å². The second kappa shape index (κ2) is 16.1. The first-order valence-corrected chi connectivity index (χ1v) is 13.7. The molecule has 2 atom stereocenters. The molecule has 0 radical (unpaired) electrons. The number of halogens is 1. The predicted octanol–water partition coefficient (Wildman–Crippen LogP) is 5.48. The van der Waals surface area contributed by atoms with Crippen LogP contribution in [0.4, 0.5) is 11.6 Å². The van der Waals surface area contributed by atoms with Gasteiger partial charge in [-0.25, -0.2) is 19.6 Å². The third-order valence-electron chi connectivity index (χ3n) is 6.54. The predicted molar refractivity (Wildman–Crippen MR) is 163 cm³/mol. The molecule has 0 aliphatic heterocycles. The lowest BCUT2D eigenvalue weighted by Crippen LogP contribution is -2.07. The van der Waals surface area contributed by atoms with E-state index in [0.717, 1.165) is 22.3 Å². The van der Waals surface area contributed by atoms with Crippen molar-refractivity contribution in [1.29, 1.82) is 0 Å². The highest BCUT2D eigenvalue weighted by atomic mass is 35.5. The van der Waals surface area contributed by atoms with Crippen LogP contribution in [0.15, 0.2) is 85.2 Å². The average Bonchev–Trinajstić information content (AvgIpc) is 3.04. The fourth-order valence-electron chi connectivity index (χ4n) is 4.15. The van der Waals surface area contributed by atoms with Gasteiger partial charge in [-0.3, -0.25) is 0 Å². The number of rotatable bonds is 10. The third kappa shape index (κ3) is 9.29. The maximum atomic E-state index is 11.5. The lowest BCUT2D eigenvalue weighted by Gasteiger charge is -2.12. The zero-order valence-electron chi connectivity index (χ0n) is 23.6. The third-order valence-corrected chi connectivity index (χ3v) is 7.02. The largest absolute Gasteiger partial charge is 0.465 e. The quantitative estimate of drug-likeness (QED) is 0.161. The number of hydrogen-bond donors (Lipinski definition) is 3. The van der Waals surface area contributed by atoms with E-state index in [1.54, 1.807) is 12.1 Å². The molecule has 0 amide bonds. The van der Waals surface area contributed by atoms with E-state index in [0.29, 0.717) is 48.4 Å². The number of ether oxygens (including phenoxy) is 2. The molecule has 5 N–H and O–H groups in total. The fraction of sp³-hybridized carbons (Fsp3) is 0.250. The van der Waals surface area contributed by atoms with Crippen LogP contribution in [-0.2, 0) is 22.3 Å². The molecule has 220 valence electrons. The minimum atomic E-state index is -0.576. The van der Waals surface area contributed by atoms with Crippen LogP contribution < -0.4 is 11.5 Å². The van der Waals surface area contributed by atoms with Crippen LogP contribution in [0.5, 0.6) is 0 Å². The topological polar surface area (TPSA) is 151 Å². The second-order valence-corrected chi connectivity index (χ2v) is 9.93. The van der Waals surface area contributed by atoms with Crippen molar-refractivity contribution in [3.63, 3.8) is 0 Å². The van der Waals surface area contributed by atoms with Gasteiger partial charge in [0.25, 0.3) is 0 Å². The van der Waals surface area contributed by atoms with Gasteiger partial charge in [0.05, 0.1) is 36.8 Å². The summed E-state index contributed by atoms with van der Waals surface area (Å²) >= 11 is 6.39. The molecule has 0 saturated carbocycles. The number of pyridine rings is 2. The van der Waals surface area contributed by atoms with Crippen molar-refractivity contribution >= 4 is 35.2 Å². The molecule has 2 aromatic carbocycles. The van der Waals surface area contributed by atoms with E-state index in [1.165, 1.54) is 26.6 Å². The molecule has 0 saturated heterocycles. The summed E-state index contributed by atoms with van der Waals surface area (Å²) in [6, 6.07) is 22.6. The van der Waals surface area contributed by atoms with Crippen LogP contribution in [0.1, 0.15) is 67.3 Å². The zero-order chi connectivity index (χ0) is 30.5. The van der Waals surface area contributed by atoms with Gasteiger partial charge in [-0.15, -0.1) is 11.6 Å². The van der Waals surface area contributed by atoms with Crippen LogP contribution in [0, 0.1) is 0 Å². The maximum absolute atomic E-state index is 11.5. The van der Waals surface area contributed by atoms with E-state index in [4.69, 9.17) is 23.1 Å². The molecule has 42 heavy (non-hydrogen) atoms. The summed E-state index contributed by atoms with van der Waals surface area (Å²) in [6.07, 6.45) is 4.61. The number of anilines is 2. The summed E-state index contributed by atoms with van der Waals surface area (Å²) in [7, 11) is 2.65. The molecular formula is C32H35ClN4O5. The van der Waals surface area contributed by atoms with Crippen LogP contribution in [0.2, 0.25) is 0 Å². The van der Waals surface area contributed by atoms with E-state index in [9.17, 15) is 14.7 Å². The number of benzene rings is 2. The lowest BCUT2D eigenvalue weighted by molar-refractivity contribution is 0.0591. The highest BCUT2D eigenvalue weighted by Crippen LogP contribution is 2.27. The first kappa shape index (κ1) is 32.0. The Morgan fingerprint density at radius 3 is 1.64 bits per heavy atom. The Kier molecular flexibility index (Phi) is 12.3. The molecule has 2 aromatic heterocycles. The number of methoxy groups -OCH3 is 2. The highest BCUT2D eigenvalue weighted by molar-refractivity contribution is 6.20. The van der Waals surface area contributed by atoms with Gasteiger partial charge in [-0.2, -0.15) is 0 Å². The molecule has 0 aliphatic rings. The van der Waals surface area contributed by atoms with Crippen LogP contribution in [-0.4, -0.2) is 41.2 Å². The SMILES string of the molecule is COC(=O)c1cnc(N)c(CCC(Cl)c2ccccc2)c1.COC(=O)c1cnc(N)c(CCC(O)c2ccccc2)c1. The van der Waals surface area contributed by atoms with Crippen LogP contribution in [0.3, 0.4) is 0 Å². The number of hydrogen-bond acceptors (Lipinski definition) is 9. The molecule has 0 bridgehead atoms. The number of aliphatic hydroxyl groups is 1. The van der Waals surface area contributed by atoms with Crippen LogP contribution >= 0.6 is 11.6 Å². The molecule has 0 aliphatic carbocycles. The van der Waals surface area contributed by atoms with E-state index < -0.39 is 18.0 Å². The minimum absolute atomic E-state index is 0.104. The molecule has 2 unspecified atom stereocenters. The lowest BCUT2D eigenvalue weighted by atomic mass is 10.0. The van der Waals surface area contributed by atoms with Gasteiger partial charge in [0.1, 0.15) is 11.6 Å². The van der Waals surface area contributed by atoms with E-state index >= 15 is 0 Å². The van der Waals surface area contributed by atoms with Gasteiger partial charge in [0.2, 0.25) is 0 Å². The van der Waals surface area contributed by atoms with Crippen molar-refractivity contribution in [2.24, 2.45) is 0 Å². The van der Waals surface area contributed by atoms with Crippen molar-refractivity contribution < 1.29 is 24.2 Å². The van der Waals surface area contributed by atoms with E-state index in [1.807, 2.05) is 60.7 Å². The van der Waals surface area contributed by atoms with Crippen molar-refractivity contribution in [3.8, 4) is 0 Å². The number of nitrogen functional groups attached to an aromatic ring is 2. The summed E-state index contributed by atoms with van der Waals surface area (Å²) in [6.45, 7) is 0. The number of carbonyl (C=O) groups is 2. The molecule has 10 heteroatoms. The van der Waals surface area contributed by atoms with Gasteiger partial charge in [0.15, 0.2) is 0 Å². The van der Waals surface area contributed by atoms with Gasteiger partial charge >= 0.3 is 11.9 Å². The Balaban J connectivity index is 0.000000230. The number of aryl methyl sites for hydroxylation is 2. The van der Waals surface area contributed by atoms with Gasteiger partial charge in [-0.05, 0) is 60.1 Å². The second-order valence-electron chi connectivity index (χ2n) is 9.40. The first-order chi connectivity index (χ1) is 20.2. The zero-order valence-corrected chi connectivity index (χ0v) is 24.3. The van der Waals surface area contributed by atoms with Crippen molar-refractivity contribution in [3.05, 3.63) is 119 Å².